The smallest absolute Gasteiger partial charge is 0.162 e. The van der Waals surface area contributed by atoms with E-state index < -0.39 is 11.6 Å². The fourth-order valence-electron chi connectivity index (χ4n) is 1.04. The van der Waals surface area contributed by atoms with Gasteiger partial charge in [0.15, 0.2) is 11.6 Å². The molecule has 0 bridgehead atoms. The van der Waals surface area contributed by atoms with Crippen LogP contribution in [0.2, 0.25) is 0 Å². The van der Waals surface area contributed by atoms with Crippen molar-refractivity contribution in [1.82, 2.24) is 4.98 Å². The summed E-state index contributed by atoms with van der Waals surface area (Å²) >= 11 is 0. The Kier molecular flexibility index (Phi) is 2.58. The molecule has 1 radical (unpaired) electrons. The lowest BCUT2D eigenvalue weighted by Crippen LogP contribution is -1.88. The second-order valence-corrected chi connectivity index (χ2v) is 2.80. The summed E-state index contributed by atoms with van der Waals surface area (Å²) in [5, 5.41) is 0. The first-order chi connectivity index (χ1) is 7.25. The summed E-state index contributed by atoms with van der Waals surface area (Å²) in [6, 6.07) is 6.51. The summed E-state index contributed by atoms with van der Waals surface area (Å²) in [4.78, 5) is 3.70. The van der Waals surface area contributed by atoms with Crippen molar-refractivity contribution in [3.05, 3.63) is 54.4 Å². The average molecular weight is 206 g/mol. The van der Waals surface area contributed by atoms with Crippen molar-refractivity contribution in [2.45, 2.75) is 0 Å². The zero-order chi connectivity index (χ0) is 10.7. The molecular formula is C11H6F2NO. The van der Waals surface area contributed by atoms with Crippen LogP contribution in [-0.2, 0) is 0 Å². The molecule has 0 N–H and O–H groups in total. The largest absolute Gasteiger partial charge is 0.456 e. The third-order valence-corrected chi connectivity index (χ3v) is 1.72. The van der Waals surface area contributed by atoms with Gasteiger partial charge in [0.25, 0.3) is 0 Å². The van der Waals surface area contributed by atoms with E-state index in [-0.39, 0.29) is 5.75 Å². The van der Waals surface area contributed by atoms with E-state index in [9.17, 15) is 8.78 Å². The van der Waals surface area contributed by atoms with Gasteiger partial charge >= 0.3 is 0 Å². The van der Waals surface area contributed by atoms with Gasteiger partial charge in [-0.05, 0) is 24.3 Å². The topological polar surface area (TPSA) is 22.1 Å². The second kappa shape index (κ2) is 4.04. The van der Waals surface area contributed by atoms with Crippen LogP contribution in [0.25, 0.3) is 0 Å². The summed E-state index contributed by atoms with van der Waals surface area (Å²) < 4.78 is 30.6. The first-order valence-corrected chi connectivity index (χ1v) is 4.21. The minimum Gasteiger partial charge on any atom is -0.456 e. The first-order valence-electron chi connectivity index (χ1n) is 4.21. The zero-order valence-corrected chi connectivity index (χ0v) is 7.58. The first kappa shape index (κ1) is 9.58. The molecule has 2 nitrogen and oxygen atoms in total. The van der Waals surface area contributed by atoms with Crippen molar-refractivity contribution in [1.29, 1.82) is 0 Å². The van der Waals surface area contributed by atoms with Gasteiger partial charge in [-0.1, -0.05) is 0 Å². The van der Waals surface area contributed by atoms with Gasteiger partial charge in [-0.15, -0.1) is 0 Å². The van der Waals surface area contributed by atoms with Crippen LogP contribution < -0.4 is 4.74 Å². The molecule has 1 aromatic heterocycles. The number of nitrogens with zero attached hydrogens (tertiary/aromatic N) is 1. The standard InChI is InChI=1S/C11H6F2NO/c12-10-4-3-8(6-11(10)13)15-9-2-1-5-14-7-9/h1-4,6-7H. The Morgan fingerprint density at radius 2 is 1.93 bits per heavy atom. The highest BCUT2D eigenvalue weighted by Crippen LogP contribution is 2.21. The minimum absolute atomic E-state index is 0.224. The van der Waals surface area contributed by atoms with E-state index in [0.717, 1.165) is 12.1 Å². The maximum absolute atomic E-state index is 12.8. The molecule has 15 heavy (non-hydrogen) atoms. The van der Waals surface area contributed by atoms with Crippen LogP contribution in [0.4, 0.5) is 8.78 Å². The van der Waals surface area contributed by atoms with Crippen molar-refractivity contribution < 1.29 is 13.5 Å². The van der Waals surface area contributed by atoms with Gasteiger partial charge in [0, 0.05) is 6.07 Å². The zero-order valence-electron chi connectivity index (χ0n) is 7.58. The second-order valence-electron chi connectivity index (χ2n) is 2.80. The Balaban J connectivity index is 2.22. The Morgan fingerprint density at radius 3 is 2.60 bits per heavy atom. The summed E-state index contributed by atoms with van der Waals surface area (Å²) in [6.45, 7) is 0. The molecular weight excluding hydrogens is 200 g/mol. The van der Waals surface area contributed by atoms with Crippen molar-refractivity contribution in [3.8, 4) is 11.5 Å². The number of hydrogen-bond acceptors (Lipinski definition) is 2. The average Bonchev–Trinajstić information content (AvgIpc) is 2.25. The molecule has 0 spiro atoms. The highest BCUT2D eigenvalue weighted by Gasteiger charge is 2.03. The molecule has 0 saturated heterocycles. The number of halogens is 2. The van der Waals surface area contributed by atoms with Crippen LogP contribution >= 0.6 is 0 Å². The number of ether oxygens (including phenoxy) is 1. The van der Waals surface area contributed by atoms with E-state index in [2.05, 4.69) is 11.2 Å². The van der Waals surface area contributed by atoms with Gasteiger partial charge in [0.05, 0.1) is 12.4 Å². The fraction of sp³-hybridized carbons (Fsp3) is 0. The summed E-state index contributed by atoms with van der Waals surface area (Å²) in [5.74, 6) is -1.17. The van der Waals surface area contributed by atoms with Gasteiger partial charge in [-0.25, -0.2) is 8.78 Å². The Labute approximate surface area is 85.2 Å². The van der Waals surface area contributed by atoms with Gasteiger partial charge in [0.1, 0.15) is 11.5 Å². The van der Waals surface area contributed by atoms with Gasteiger partial charge in [-0.2, -0.15) is 0 Å². The molecule has 1 aromatic carbocycles. The van der Waals surface area contributed by atoms with E-state index in [4.69, 9.17) is 4.74 Å². The van der Waals surface area contributed by atoms with Crippen LogP contribution in [0.1, 0.15) is 0 Å². The SMILES string of the molecule is Fc1ccc(Oc2cc[c]nc2)cc1F. The quantitative estimate of drug-likeness (QED) is 0.753. The highest BCUT2D eigenvalue weighted by atomic mass is 19.2. The van der Waals surface area contributed by atoms with E-state index in [0.29, 0.717) is 5.75 Å². The molecule has 75 valence electrons. The molecule has 0 atom stereocenters. The molecule has 0 aliphatic heterocycles. The van der Waals surface area contributed by atoms with Gasteiger partial charge in [-0.3, -0.25) is 4.98 Å². The van der Waals surface area contributed by atoms with Crippen LogP contribution in [0.15, 0.2) is 36.5 Å². The molecule has 0 saturated carbocycles. The number of benzene rings is 1. The highest BCUT2D eigenvalue weighted by molar-refractivity contribution is 5.29. The molecule has 2 aromatic rings. The van der Waals surface area contributed by atoms with Gasteiger partial charge < -0.3 is 4.74 Å². The van der Waals surface area contributed by atoms with E-state index in [1.54, 1.807) is 12.1 Å². The van der Waals surface area contributed by atoms with Crippen molar-refractivity contribution in [3.63, 3.8) is 0 Å². The minimum atomic E-state index is -0.942. The maximum Gasteiger partial charge on any atom is 0.162 e. The lowest BCUT2D eigenvalue weighted by atomic mass is 10.3. The number of aromatic nitrogens is 1. The monoisotopic (exact) mass is 206 g/mol. The molecule has 0 aliphatic rings. The molecule has 2 rings (SSSR count). The number of rotatable bonds is 2. The van der Waals surface area contributed by atoms with Gasteiger partial charge in [0.2, 0.25) is 0 Å². The summed E-state index contributed by atoms with van der Waals surface area (Å²) in [7, 11) is 0. The van der Waals surface area contributed by atoms with Crippen LogP contribution in [0, 0.1) is 17.8 Å². The summed E-state index contributed by atoms with van der Waals surface area (Å²) in [5.41, 5.74) is 0. The predicted molar refractivity (Wildman–Crippen MR) is 49.5 cm³/mol. The third kappa shape index (κ3) is 2.28. The Bertz CT molecular complexity index is 459. The maximum atomic E-state index is 12.8. The molecule has 0 fully saturated rings. The predicted octanol–water partition coefficient (Wildman–Crippen LogP) is 2.95. The van der Waals surface area contributed by atoms with Crippen molar-refractivity contribution >= 4 is 0 Å². The summed E-state index contributed by atoms with van der Waals surface area (Å²) in [6.07, 6.45) is 4.01. The number of hydrogen-bond donors (Lipinski definition) is 0. The van der Waals surface area contributed by atoms with Crippen LogP contribution in [-0.4, -0.2) is 4.98 Å². The lowest BCUT2D eigenvalue weighted by Gasteiger charge is -2.04. The van der Waals surface area contributed by atoms with Crippen LogP contribution in [0.5, 0.6) is 11.5 Å². The van der Waals surface area contributed by atoms with E-state index >= 15 is 0 Å². The Morgan fingerprint density at radius 1 is 1.07 bits per heavy atom. The van der Waals surface area contributed by atoms with Crippen LogP contribution in [0.3, 0.4) is 0 Å². The third-order valence-electron chi connectivity index (χ3n) is 1.72. The molecule has 4 heteroatoms. The van der Waals surface area contributed by atoms with E-state index in [1.165, 1.54) is 12.3 Å². The molecule has 1 heterocycles. The molecule has 0 aliphatic carbocycles. The Hall–Kier alpha value is -1.97. The molecule has 0 amide bonds. The lowest BCUT2D eigenvalue weighted by molar-refractivity contribution is 0.460. The normalized spacial score (nSPS) is 10.0. The van der Waals surface area contributed by atoms with E-state index in [1.807, 2.05) is 0 Å². The number of pyridine rings is 1. The molecule has 0 unspecified atom stereocenters. The van der Waals surface area contributed by atoms with Crippen molar-refractivity contribution in [2.75, 3.05) is 0 Å². The fourth-order valence-corrected chi connectivity index (χ4v) is 1.04. The van der Waals surface area contributed by atoms with Crippen molar-refractivity contribution in [2.24, 2.45) is 0 Å².